The summed E-state index contributed by atoms with van der Waals surface area (Å²) in [4.78, 5) is 11.8. The van der Waals surface area contributed by atoms with Crippen LogP contribution in [0.2, 0.25) is 0 Å². The molecule has 0 aliphatic rings. The van der Waals surface area contributed by atoms with Crippen molar-refractivity contribution in [2.45, 2.75) is 110 Å². The molecule has 0 saturated heterocycles. The average Bonchev–Trinajstić information content (AvgIpc) is 2.67. The van der Waals surface area contributed by atoms with Gasteiger partial charge in [0.15, 0.2) is 0 Å². The Hall–Kier alpha value is -0.610. The van der Waals surface area contributed by atoms with Gasteiger partial charge in [0.1, 0.15) is 6.61 Å². The van der Waals surface area contributed by atoms with Gasteiger partial charge < -0.3 is 14.9 Å². The summed E-state index contributed by atoms with van der Waals surface area (Å²) in [5.74, 6) is -0.215. The smallest absolute Gasteiger partial charge is 0.305 e. The second-order valence-corrected chi connectivity index (χ2v) is 7.82. The molecule has 0 aliphatic carbocycles. The summed E-state index contributed by atoms with van der Waals surface area (Å²) in [7, 11) is 0. The Labute approximate surface area is 161 Å². The summed E-state index contributed by atoms with van der Waals surface area (Å²) >= 11 is 0. The number of aliphatic hydroxyl groups is 2. The number of rotatable bonds is 19. The topological polar surface area (TPSA) is 66.8 Å². The maximum atomic E-state index is 11.8. The van der Waals surface area contributed by atoms with Gasteiger partial charge in [0.25, 0.3) is 0 Å². The molecule has 26 heavy (non-hydrogen) atoms. The third kappa shape index (κ3) is 13.6. The minimum absolute atomic E-state index is 0.105. The fraction of sp³-hybridized carbons (Fsp3) is 0.955. The number of aliphatic hydroxyl groups excluding tert-OH is 2. The van der Waals surface area contributed by atoms with E-state index in [1.807, 2.05) is 6.92 Å². The molecule has 2 N–H and O–H groups in total. The van der Waals surface area contributed by atoms with Crippen molar-refractivity contribution in [2.75, 3.05) is 19.8 Å². The second kappa shape index (κ2) is 17.8. The summed E-state index contributed by atoms with van der Waals surface area (Å²) < 4.78 is 5.23. The van der Waals surface area contributed by atoms with E-state index in [1.165, 1.54) is 70.6 Å². The molecule has 156 valence electrons. The van der Waals surface area contributed by atoms with Crippen molar-refractivity contribution < 1.29 is 19.7 Å². The van der Waals surface area contributed by atoms with Crippen LogP contribution >= 0.6 is 0 Å². The van der Waals surface area contributed by atoms with Crippen LogP contribution in [0.25, 0.3) is 0 Å². The quantitative estimate of drug-likeness (QED) is 0.235. The SMILES string of the molecule is CCCCCCCCCCCCCCCC(=O)OCC(CC)(CO)CO. The zero-order valence-corrected chi connectivity index (χ0v) is 17.4. The van der Waals surface area contributed by atoms with Gasteiger partial charge in [-0.1, -0.05) is 90.9 Å². The van der Waals surface area contributed by atoms with Crippen molar-refractivity contribution in [3.05, 3.63) is 0 Å². The van der Waals surface area contributed by atoms with E-state index >= 15 is 0 Å². The Morgan fingerprint density at radius 3 is 1.54 bits per heavy atom. The Kier molecular flexibility index (Phi) is 17.4. The van der Waals surface area contributed by atoms with Gasteiger partial charge in [-0.3, -0.25) is 4.79 Å². The van der Waals surface area contributed by atoms with E-state index in [9.17, 15) is 15.0 Å². The molecular formula is C22H44O4. The lowest BCUT2D eigenvalue weighted by molar-refractivity contribution is -0.149. The molecule has 0 fully saturated rings. The van der Waals surface area contributed by atoms with Crippen LogP contribution in [0.5, 0.6) is 0 Å². The van der Waals surface area contributed by atoms with Crippen LogP contribution in [0, 0.1) is 5.41 Å². The second-order valence-electron chi connectivity index (χ2n) is 7.82. The molecule has 0 heterocycles. The highest BCUT2D eigenvalue weighted by Gasteiger charge is 2.28. The van der Waals surface area contributed by atoms with E-state index in [0.29, 0.717) is 12.8 Å². The van der Waals surface area contributed by atoms with Gasteiger partial charge in [-0.15, -0.1) is 0 Å². The first-order valence-corrected chi connectivity index (χ1v) is 11.0. The largest absolute Gasteiger partial charge is 0.465 e. The van der Waals surface area contributed by atoms with Crippen LogP contribution in [0.15, 0.2) is 0 Å². The molecule has 0 bridgehead atoms. The van der Waals surface area contributed by atoms with Gasteiger partial charge in [0, 0.05) is 6.42 Å². The molecule has 0 saturated carbocycles. The number of hydrogen-bond acceptors (Lipinski definition) is 4. The van der Waals surface area contributed by atoms with Crippen LogP contribution in [0.3, 0.4) is 0 Å². The first-order chi connectivity index (χ1) is 12.6. The summed E-state index contributed by atoms with van der Waals surface area (Å²) in [6.07, 6.45) is 17.7. The maximum Gasteiger partial charge on any atom is 0.305 e. The van der Waals surface area contributed by atoms with E-state index < -0.39 is 5.41 Å². The lowest BCUT2D eigenvalue weighted by Gasteiger charge is -2.27. The fourth-order valence-electron chi connectivity index (χ4n) is 3.06. The predicted octanol–water partition coefficient (Wildman–Crippen LogP) is 5.39. The first-order valence-electron chi connectivity index (χ1n) is 11.0. The molecule has 0 radical (unpaired) electrons. The van der Waals surface area contributed by atoms with Gasteiger partial charge in [0.2, 0.25) is 0 Å². The van der Waals surface area contributed by atoms with Crippen molar-refractivity contribution >= 4 is 5.97 Å². The standard InChI is InChI=1S/C22H44O4/c1-3-5-6-7-8-9-10-11-12-13-14-15-16-17-21(25)26-20-22(4-2,18-23)19-24/h23-24H,3-20H2,1-2H3. The molecule has 0 aliphatic heterocycles. The summed E-state index contributed by atoms with van der Waals surface area (Å²) in [6, 6.07) is 0. The molecular weight excluding hydrogens is 328 g/mol. The third-order valence-corrected chi connectivity index (χ3v) is 5.44. The molecule has 0 unspecified atom stereocenters. The molecule has 0 rings (SSSR count). The predicted molar refractivity (Wildman–Crippen MR) is 108 cm³/mol. The van der Waals surface area contributed by atoms with E-state index in [2.05, 4.69) is 6.92 Å². The normalized spacial score (nSPS) is 11.7. The number of ether oxygens (including phenoxy) is 1. The molecule has 4 heteroatoms. The monoisotopic (exact) mass is 372 g/mol. The van der Waals surface area contributed by atoms with Gasteiger partial charge in [-0.2, -0.15) is 0 Å². The third-order valence-electron chi connectivity index (χ3n) is 5.44. The van der Waals surface area contributed by atoms with Crippen molar-refractivity contribution in [3.63, 3.8) is 0 Å². The van der Waals surface area contributed by atoms with E-state index in [1.54, 1.807) is 0 Å². The van der Waals surface area contributed by atoms with Gasteiger partial charge in [-0.25, -0.2) is 0 Å². The molecule has 0 amide bonds. The highest BCUT2D eigenvalue weighted by Crippen LogP contribution is 2.21. The van der Waals surface area contributed by atoms with Gasteiger partial charge >= 0.3 is 5.97 Å². The van der Waals surface area contributed by atoms with Crippen LogP contribution < -0.4 is 0 Å². The van der Waals surface area contributed by atoms with Crippen molar-refractivity contribution in [1.29, 1.82) is 0 Å². The zero-order chi connectivity index (χ0) is 19.5. The first kappa shape index (κ1) is 25.4. The van der Waals surface area contributed by atoms with E-state index in [-0.39, 0.29) is 25.8 Å². The molecule has 0 aromatic carbocycles. The molecule has 0 spiro atoms. The Balaban J connectivity index is 3.40. The molecule has 0 aromatic rings. The summed E-state index contributed by atoms with van der Waals surface area (Å²) in [5, 5.41) is 18.7. The van der Waals surface area contributed by atoms with Crippen molar-refractivity contribution in [1.82, 2.24) is 0 Å². The highest BCUT2D eigenvalue weighted by atomic mass is 16.5. The zero-order valence-electron chi connectivity index (χ0n) is 17.4. The van der Waals surface area contributed by atoms with Crippen LogP contribution in [0.1, 0.15) is 110 Å². The lowest BCUT2D eigenvalue weighted by atomic mass is 9.88. The number of unbranched alkanes of at least 4 members (excludes halogenated alkanes) is 12. The number of carbonyl (C=O) groups is 1. The lowest BCUT2D eigenvalue weighted by Crippen LogP contribution is -2.35. The Bertz CT molecular complexity index is 305. The number of carbonyl (C=O) groups excluding carboxylic acids is 1. The Morgan fingerprint density at radius 2 is 1.15 bits per heavy atom. The molecule has 0 aromatic heterocycles. The van der Waals surface area contributed by atoms with Crippen molar-refractivity contribution in [2.24, 2.45) is 5.41 Å². The van der Waals surface area contributed by atoms with E-state index in [4.69, 9.17) is 4.74 Å². The van der Waals surface area contributed by atoms with E-state index in [0.717, 1.165) is 12.8 Å². The minimum atomic E-state index is -0.689. The van der Waals surface area contributed by atoms with Crippen LogP contribution in [-0.4, -0.2) is 36.0 Å². The van der Waals surface area contributed by atoms with Gasteiger partial charge in [0.05, 0.1) is 18.6 Å². The number of esters is 1. The molecule has 4 nitrogen and oxygen atoms in total. The minimum Gasteiger partial charge on any atom is -0.465 e. The summed E-state index contributed by atoms with van der Waals surface area (Å²) in [6.45, 7) is 3.92. The fourth-order valence-corrected chi connectivity index (χ4v) is 3.06. The molecule has 0 atom stereocenters. The average molecular weight is 373 g/mol. The van der Waals surface area contributed by atoms with Crippen LogP contribution in [-0.2, 0) is 9.53 Å². The van der Waals surface area contributed by atoms with Gasteiger partial charge in [-0.05, 0) is 12.8 Å². The highest BCUT2D eigenvalue weighted by molar-refractivity contribution is 5.69. The maximum absolute atomic E-state index is 11.8. The Morgan fingerprint density at radius 1 is 0.731 bits per heavy atom. The number of hydrogen-bond donors (Lipinski definition) is 2. The van der Waals surface area contributed by atoms with Crippen LogP contribution in [0.4, 0.5) is 0 Å². The van der Waals surface area contributed by atoms with Crippen molar-refractivity contribution in [3.8, 4) is 0 Å². The summed E-state index contributed by atoms with van der Waals surface area (Å²) in [5.41, 5.74) is -0.689.